The molecule has 18 heavy (non-hydrogen) atoms. The molecule has 0 fully saturated rings. The van der Waals surface area contributed by atoms with Crippen LogP contribution in [-0.4, -0.2) is 12.7 Å². The summed E-state index contributed by atoms with van der Waals surface area (Å²) < 4.78 is 50.0. The highest BCUT2D eigenvalue weighted by Crippen LogP contribution is 2.33. The minimum absolute atomic E-state index is 0.0688. The van der Waals surface area contributed by atoms with E-state index in [1.807, 2.05) is 0 Å². The first-order valence-electron chi connectivity index (χ1n) is 4.60. The van der Waals surface area contributed by atoms with Crippen molar-refractivity contribution in [1.82, 2.24) is 0 Å². The number of anilines is 1. The van der Waals surface area contributed by atoms with Gasteiger partial charge in [0.1, 0.15) is 5.82 Å². The molecule has 8 heteroatoms. The van der Waals surface area contributed by atoms with Crippen LogP contribution in [0.2, 0.25) is 5.02 Å². The van der Waals surface area contributed by atoms with Gasteiger partial charge in [0.15, 0.2) is 5.92 Å². The third kappa shape index (κ3) is 3.75. The number of halogens is 6. The summed E-state index contributed by atoms with van der Waals surface area (Å²) in [6.45, 7) is -0.663. The molecule has 0 aliphatic rings. The summed E-state index contributed by atoms with van der Waals surface area (Å²) in [4.78, 5) is 0. The number of nitrogens with one attached hydrogen (secondary N) is 1. The van der Waals surface area contributed by atoms with Gasteiger partial charge in [-0.05, 0) is 28.1 Å². The van der Waals surface area contributed by atoms with Gasteiger partial charge in [-0.3, -0.25) is 0 Å². The molecule has 1 unspecified atom stereocenters. The lowest BCUT2D eigenvalue weighted by Gasteiger charge is -2.16. The standard InChI is InChI=1S/C10H6BrClF4N2/c11-7-1-6(13)2-8(12)9(7)18-4-5(3-17)10(14,15)16/h1-2,5,18H,4H2. The summed E-state index contributed by atoms with van der Waals surface area (Å²) in [5.41, 5.74) is 0.113. The average molecular weight is 346 g/mol. The molecule has 0 saturated carbocycles. The van der Waals surface area contributed by atoms with Gasteiger partial charge < -0.3 is 5.32 Å². The van der Waals surface area contributed by atoms with Gasteiger partial charge >= 0.3 is 6.18 Å². The molecule has 2 nitrogen and oxygen atoms in total. The maximum Gasteiger partial charge on any atom is 0.406 e. The van der Waals surface area contributed by atoms with Crippen LogP contribution in [0.5, 0.6) is 0 Å². The van der Waals surface area contributed by atoms with Crippen molar-refractivity contribution in [3.63, 3.8) is 0 Å². The van der Waals surface area contributed by atoms with Gasteiger partial charge in [-0.15, -0.1) is 0 Å². The van der Waals surface area contributed by atoms with Crippen LogP contribution in [0.3, 0.4) is 0 Å². The number of nitriles is 1. The van der Waals surface area contributed by atoms with Gasteiger partial charge in [-0.1, -0.05) is 11.6 Å². The van der Waals surface area contributed by atoms with Gasteiger partial charge in [-0.25, -0.2) is 4.39 Å². The topological polar surface area (TPSA) is 35.8 Å². The molecule has 1 rings (SSSR count). The number of nitrogens with zero attached hydrogens (tertiary/aromatic N) is 1. The third-order valence-electron chi connectivity index (χ3n) is 2.04. The van der Waals surface area contributed by atoms with Crippen molar-refractivity contribution in [2.24, 2.45) is 5.92 Å². The van der Waals surface area contributed by atoms with Gasteiger partial charge in [0.25, 0.3) is 0 Å². The first kappa shape index (κ1) is 15.1. The Morgan fingerprint density at radius 2 is 2.06 bits per heavy atom. The third-order valence-corrected chi connectivity index (χ3v) is 2.96. The lowest BCUT2D eigenvalue weighted by molar-refractivity contribution is -0.155. The number of benzene rings is 1. The monoisotopic (exact) mass is 344 g/mol. The number of rotatable bonds is 3. The lowest BCUT2D eigenvalue weighted by Crippen LogP contribution is -2.28. The summed E-state index contributed by atoms with van der Waals surface area (Å²) >= 11 is 8.65. The fraction of sp³-hybridized carbons (Fsp3) is 0.300. The van der Waals surface area contributed by atoms with E-state index in [9.17, 15) is 17.6 Å². The van der Waals surface area contributed by atoms with E-state index >= 15 is 0 Å². The molecule has 0 amide bonds. The van der Waals surface area contributed by atoms with Crippen molar-refractivity contribution in [2.45, 2.75) is 6.18 Å². The van der Waals surface area contributed by atoms with Gasteiger partial charge in [-0.2, -0.15) is 18.4 Å². The van der Waals surface area contributed by atoms with Crippen LogP contribution in [0.15, 0.2) is 16.6 Å². The molecule has 0 aromatic heterocycles. The normalized spacial score (nSPS) is 12.9. The second-order valence-corrected chi connectivity index (χ2v) is 4.61. The molecule has 1 aromatic carbocycles. The number of hydrogen-bond acceptors (Lipinski definition) is 2. The van der Waals surface area contributed by atoms with Crippen molar-refractivity contribution >= 4 is 33.2 Å². The van der Waals surface area contributed by atoms with E-state index < -0.39 is 24.5 Å². The Hall–Kier alpha value is -1.00. The molecule has 0 spiro atoms. The maximum absolute atomic E-state index is 12.9. The zero-order valence-corrected chi connectivity index (χ0v) is 11.0. The Labute approximate surface area is 114 Å². The molecule has 0 radical (unpaired) electrons. The fourth-order valence-corrected chi connectivity index (χ4v) is 2.11. The SMILES string of the molecule is N#CC(CNc1c(Cl)cc(F)cc1Br)C(F)(F)F. The Bertz CT molecular complexity index is 461. The van der Waals surface area contributed by atoms with E-state index in [2.05, 4.69) is 21.2 Å². The zero-order chi connectivity index (χ0) is 13.9. The van der Waals surface area contributed by atoms with Gasteiger partial charge in [0.2, 0.25) is 0 Å². The van der Waals surface area contributed by atoms with E-state index in [0.717, 1.165) is 18.2 Å². The minimum atomic E-state index is -4.62. The predicted octanol–water partition coefficient (Wildman–Crippen LogP) is 4.36. The van der Waals surface area contributed by atoms with E-state index in [0.29, 0.717) is 0 Å². The minimum Gasteiger partial charge on any atom is -0.381 e. The summed E-state index contributed by atoms with van der Waals surface area (Å²) in [6, 6.07) is 3.16. The largest absolute Gasteiger partial charge is 0.406 e. The quantitative estimate of drug-likeness (QED) is 0.827. The van der Waals surface area contributed by atoms with Crippen LogP contribution in [0.4, 0.5) is 23.2 Å². The van der Waals surface area contributed by atoms with Crippen LogP contribution in [-0.2, 0) is 0 Å². The van der Waals surface area contributed by atoms with E-state index in [-0.39, 0.29) is 15.2 Å². The molecule has 0 saturated heterocycles. The predicted molar refractivity (Wildman–Crippen MR) is 62.8 cm³/mol. The molecule has 1 aromatic rings. The lowest BCUT2D eigenvalue weighted by atomic mass is 10.1. The van der Waals surface area contributed by atoms with Crippen molar-refractivity contribution in [3.05, 3.63) is 27.4 Å². The summed E-state index contributed by atoms with van der Waals surface area (Å²) in [5, 5.41) is 10.7. The molecule has 0 bridgehead atoms. The van der Waals surface area contributed by atoms with Gasteiger partial charge in [0, 0.05) is 11.0 Å². The smallest absolute Gasteiger partial charge is 0.381 e. The molecular formula is C10H6BrClF4N2. The summed E-state index contributed by atoms with van der Waals surface area (Å²) in [6.07, 6.45) is -4.62. The molecular weight excluding hydrogens is 339 g/mol. The van der Waals surface area contributed by atoms with Gasteiger partial charge in [0.05, 0.1) is 16.8 Å². The first-order valence-corrected chi connectivity index (χ1v) is 5.77. The number of alkyl halides is 3. The molecule has 1 atom stereocenters. The van der Waals surface area contributed by atoms with Crippen LogP contribution >= 0.6 is 27.5 Å². The van der Waals surface area contributed by atoms with E-state index in [1.165, 1.54) is 0 Å². The zero-order valence-electron chi connectivity index (χ0n) is 8.65. The van der Waals surface area contributed by atoms with Crippen molar-refractivity contribution in [2.75, 3.05) is 11.9 Å². The Morgan fingerprint density at radius 1 is 1.44 bits per heavy atom. The highest BCUT2D eigenvalue weighted by atomic mass is 79.9. The second kappa shape index (κ2) is 5.76. The van der Waals surface area contributed by atoms with E-state index in [1.54, 1.807) is 0 Å². The maximum atomic E-state index is 12.9. The van der Waals surface area contributed by atoms with Crippen LogP contribution in [0.1, 0.15) is 0 Å². The molecule has 98 valence electrons. The number of hydrogen-bond donors (Lipinski definition) is 1. The molecule has 1 N–H and O–H groups in total. The average Bonchev–Trinajstić information content (AvgIpc) is 2.19. The van der Waals surface area contributed by atoms with Crippen molar-refractivity contribution in [1.29, 1.82) is 5.26 Å². The Kier molecular flexibility index (Phi) is 4.82. The Morgan fingerprint density at radius 3 is 2.50 bits per heavy atom. The second-order valence-electron chi connectivity index (χ2n) is 3.35. The van der Waals surface area contributed by atoms with Crippen molar-refractivity contribution < 1.29 is 17.6 Å². The van der Waals surface area contributed by atoms with E-state index in [4.69, 9.17) is 16.9 Å². The van der Waals surface area contributed by atoms with Crippen molar-refractivity contribution in [3.8, 4) is 6.07 Å². The molecule has 0 aliphatic heterocycles. The fourth-order valence-electron chi connectivity index (χ4n) is 1.15. The van der Waals surface area contributed by atoms with Crippen LogP contribution in [0.25, 0.3) is 0 Å². The Balaban J connectivity index is 2.85. The summed E-state index contributed by atoms with van der Waals surface area (Å²) in [7, 11) is 0. The van der Waals surface area contributed by atoms with Crippen LogP contribution in [0, 0.1) is 23.1 Å². The summed E-state index contributed by atoms with van der Waals surface area (Å²) in [5.74, 6) is -2.78. The molecule has 0 aliphatic carbocycles. The highest BCUT2D eigenvalue weighted by Gasteiger charge is 2.39. The molecule has 0 heterocycles. The van der Waals surface area contributed by atoms with Crippen LogP contribution < -0.4 is 5.32 Å². The first-order chi connectivity index (χ1) is 8.25. The highest BCUT2D eigenvalue weighted by molar-refractivity contribution is 9.10.